The molecule has 0 radical (unpaired) electrons. The van der Waals surface area contributed by atoms with E-state index < -0.39 is 23.5 Å². The van der Waals surface area contributed by atoms with Gasteiger partial charge >= 0.3 is 0 Å². The molecular weight excluding hydrogens is 193 g/mol. The summed E-state index contributed by atoms with van der Waals surface area (Å²) in [7, 11) is 0. The van der Waals surface area contributed by atoms with E-state index >= 15 is 0 Å². The van der Waals surface area contributed by atoms with Gasteiger partial charge in [0.05, 0.1) is 0 Å². The Labute approximate surface area is 79.7 Å². The first-order valence-corrected chi connectivity index (χ1v) is 4.16. The van der Waals surface area contributed by atoms with Crippen molar-refractivity contribution in [2.24, 2.45) is 11.5 Å². The van der Waals surface area contributed by atoms with Gasteiger partial charge in [0.25, 0.3) is 0 Å². The lowest BCUT2D eigenvalue weighted by Crippen LogP contribution is -2.18. The van der Waals surface area contributed by atoms with Gasteiger partial charge in [0, 0.05) is 23.7 Å². The highest BCUT2D eigenvalue weighted by Gasteiger charge is 2.17. The topological polar surface area (TPSA) is 52.0 Å². The number of hydrogen-bond donors (Lipinski definition) is 2. The van der Waals surface area contributed by atoms with Crippen LogP contribution in [0.2, 0.25) is 0 Å². The maximum atomic E-state index is 13.1. The Morgan fingerprint density at radius 2 is 1.64 bits per heavy atom. The largest absolute Gasteiger partial charge is 0.330 e. The molecule has 0 spiro atoms. The average molecular weight is 204 g/mol. The molecule has 0 saturated carbocycles. The molecule has 0 saturated heterocycles. The molecular formula is C9H11F3N2. The molecule has 0 bridgehead atoms. The third-order valence-electron chi connectivity index (χ3n) is 1.89. The van der Waals surface area contributed by atoms with E-state index in [1.54, 1.807) is 0 Å². The monoisotopic (exact) mass is 204 g/mol. The Morgan fingerprint density at radius 3 is 2.07 bits per heavy atom. The Hall–Kier alpha value is -1.07. The van der Waals surface area contributed by atoms with Crippen molar-refractivity contribution in [3.8, 4) is 0 Å². The molecule has 1 aromatic carbocycles. The van der Waals surface area contributed by atoms with Gasteiger partial charge in [-0.1, -0.05) is 0 Å². The van der Waals surface area contributed by atoms with E-state index in [2.05, 4.69) is 0 Å². The first-order valence-electron chi connectivity index (χ1n) is 4.16. The minimum Gasteiger partial charge on any atom is -0.330 e. The molecule has 0 fully saturated rings. The summed E-state index contributed by atoms with van der Waals surface area (Å²) in [5.41, 5.74) is 10.4. The van der Waals surface area contributed by atoms with Gasteiger partial charge in [-0.15, -0.1) is 0 Å². The molecule has 0 unspecified atom stereocenters. The molecule has 78 valence electrons. The van der Waals surface area contributed by atoms with Crippen molar-refractivity contribution < 1.29 is 13.2 Å². The lowest BCUT2D eigenvalue weighted by Gasteiger charge is -2.12. The summed E-state index contributed by atoms with van der Waals surface area (Å²) in [6.07, 6.45) is 0.249. The number of hydrogen-bond acceptors (Lipinski definition) is 2. The van der Waals surface area contributed by atoms with Crippen LogP contribution in [0.3, 0.4) is 0 Å². The molecule has 1 rings (SSSR count). The normalized spacial score (nSPS) is 12.9. The fraction of sp³-hybridized carbons (Fsp3) is 0.333. The van der Waals surface area contributed by atoms with Crippen LogP contribution in [-0.2, 0) is 0 Å². The fourth-order valence-electron chi connectivity index (χ4n) is 1.23. The molecule has 0 aliphatic carbocycles. The molecule has 1 aromatic rings. The lowest BCUT2D eigenvalue weighted by atomic mass is 10.0. The van der Waals surface area contributed by atoms with Crippen molar-refractivity contribution in [2.45, 2.75) is 12.5 Å². The van der Waals surface area contributed by atoms with E-state index in [0.717, 1.165) is 0 Å². The number of nitrogens with two attached hydrogens (primary N) is 2. The second kappa shape index (κ2) is 4.43. The Morgan fingerprint density at radius 1 is 1.14 bits per heavy atom. The molecule has 0 aliphatic rings. The quantitative estimate of drug-likeness (QED) is 0.783. The third kappa shape index (κ3) is 2.24. The molecule has 0 heterocycles. The van der Waals surface area contributed by atoms with Crippen LogP contribution in [0.4, 0.5) is 13.2 Å². The molecule has 14 heavy (non-hydrogen) atoms. The van der Waals surface area contributed by atoms with Gasteiger partial charge < -0.3 is 11.5 Å². The lowest BCUT2D eigenvalue weighted by molar-refractivity contribution is 0.495. The summed E-state index contributed by atoms with van der Waals surface area (Å²) in [6, 6.07) is 0.379. The zero-order chi connectivity index (χ0) is 10.7. The van der Waals surface area contributed by atoms with Crippen molar-refractivity contribution in [1.82, 2.24) is 0 Å². The van der Waals surface area contributed by atoms with E-state index in [-0.39, 0.29) is 18.5 Å². The predicted molar refractivity (Wildman–Crippen MR) is 46.9 cm³/mol. The minimum absolute atomic E-state index is 0.220. The molecule has 0 amide bonds. The van der Waals surface area contributed by atoms with Crippen LogP contribution in [0.25, 0.3) is 0 Å². The highest BCUT2D eigenvalue weighted by molar-refractivity contribution is 5.23. The van der Waals surface area contributed by atoms with Gasteiger partial charge in [-0.25, -0.2) is 13.2 Å². The third-order valence-corrected chi connectivity index (χ3v) is 1.89. The van der Waals surface area contributed by atoms with Crippen molar-refractivity contribution in [1.29, 1.82) is 0 Å². The highest BCUT2D eigenvalue weighted by Crippen LogP contribution is 2.22. The van der Waals surface area contributed by atoms with E-state index in [4.69, 9.17) is 11.5 Å². The Bertz CT molecular complexity index is 305. The molecule has 0 aliphatic heterocycles. The van der Waals surface area contributed by atoms with Crippen molar-refractivity contribution in [3.05, 3.63) is 35.1 Å². The van der Waals surface area contributed by atoms with E-state index in [0.29, 0.717) is 12.1 Å². The Kier molecular flexibility index (Phi) is 3.49. The van der Waals surface area contributed by atoms with Crippen molar-refractivity contribution in [3.63, 3.8) is 0 Å². The van der Waals surface area contributed by atoms with Crippen LogP contribution in [0, 0.1) is 17.5 Å². The van der Waals surface area contributed by atoms with Crippen molar-refractivity contribution >= 4 is 0 Å². The van der Waals surface area contributed by atoms with Gasteiger partial charge in [-0.05, 0) is 13.0 Å². The molecule has 0 aromatic heterocycles. The van der Waals surface area contributed by atoms with Crippen LogP contribution in [0.15, 0.2) is 12.1 Å². The van der Waals surface area contributed by atoms with Crippen LogP contribution in [-0.4, -0.2) is 6.54 Å². The number of benzene rings is 1. The summed E-state index contributed by atoms with van der Waals surface area (Å²) in [6.45, 7) is 0.220. The Balaban J connectivity index is 3.07. The van der Waals surface area contributed by atoms with Gasteiger partial charge in [-0.3, -0.25) is 0 Å². The highest BCUT2D eigenvalue weighted by atomic mass is 19.1. The molecule has 1 atom stereocenters. The maximum absolute atomic E-state index is 13.1. The van der Waals surface area contributed by atoms with Crippen LogP contribution in [0.5, 0.6) is 0 Å². The first kappa shape index (κ1) is 11.0. The second-order valence-electron chi connectivity index (χ2n) is 2.97. The first-order chi connectivity index (χ1) is 6.56. The molecule has 2 nitrogen and oxygen atoms in total. The summed E-state index contributed by atoms with van der Waals surface area (Å²) < 4.78 is 38.7. The van der Waals surface area contributed by atoms with Crippen molar-refractivity contribution in [2.75, 3.05) is 6.54 Å². The smallest absolute Gasteiger partial charge is 0.133 e. The van der Waals surface area contributed by atoms with E-state index in [1.165, 1.54) is 0 Å². The second-order valence-corrected chi connectivity index (χ2v) is 2.97. The van der Waals surface area contributed by atoms with Crippen LogP contribution in [0.1, 0.15) is 18.0 Å². The van der Waals surface area contributed by atoms with Crippen LogP contribution < -0.4 is 11.5 Å². The summed E-state index contributed by atoms with van der Waals surface area (Å²) in [5.74, 6) is -2.89. The summed E-state index contributed by atoms with van der Waals surface area (Å²) >= 11 is 0. The van der Waals surface area contributed by atoms with Gasteiger partial charge in [-0.2, -0.15) is 0 Å². The fourth-order valence-corrected chi connectivity index (χ4v) is 1.23. The zero-order valence-electron chi connectivity index (χ0n) is 7.43. The summed E-state index contributed by atoms with van der Waals surface area (Å²) in [5, 5.41) is 0. The minimum atomic E-state index is -0.969. The van der Waals surface area contributed by atoms with E-state index in [9.17, 15) is 13.2 Å². The van der Waals surface area contributed by atoms with Gasteiger partial charge in [0.1, 0.15) is 17.5 Å². The molecule has 4 N–H and O–H groups in total. The number of rotatable bonds is 3. The molecule has 5 heteroatoms. The SMILES string of the molecule is NCC[C@@H](N)c1c(F)cc(F)cc1F. The van der Waals surface area contributed by atoms with E-state index in [1.807, 2.05) is 0 Å². The number of halogens is 3. The summed E-state index contributed by atoms with van der Waals surface area (Å²) in [4.78, 5) is 0. The maximum Gasteiger partial charge on any atom is 0.133 e. The van der Waals surface area contributed by atoms with Crippen LogP contribution >= 0.6 is 0 Å². The predicted octanol–water partition coefficient (Wildman–Crippen LogP) is 1.45. The van der Waals surface area contributed by atoms with Gasteiger partial charge in [0.15, 0.2) is 0 Å². The standard InChI is InChI=1S/C9H11F3N2/c10-5-3-6(11)9(7(12)4-5)8(14)1-2-13/h3-4,8H,1-2,13-14H2/t8-/m1/s1. The zero-order valence-corrected chi connectivity index (χ0v) is 7.43. The average Bonchev–Trinajstić information content (AvgIpc) is 2.01. The van der Waals surface area contributed by atoms with Gasteiger partial charge in [0.2, 0.25) is 0 Å².